The molecule has 0 amide bonds. The van der Waals surface area contributed by atoms with Crippen molar-refractivity contribution in [3.63, 3.8) is 0 Å². The fourth-order valence-electron chi connectivity index (χ4n) is 4.14. The number of fused-ring (bicyclic) bond motifs is 1. The number of ether oxygens (including phenoxy) is 2. The van der Waals surface area contributed by atoms with E-state index in [9.17, 15) is 18.0 Å². The van der Waals surface area contributed by atoms with Crippen LogP contribution in [0.25, 0.3) is 0 Å². The molecule has 7 nitrogen and oxygen atoms in total. The SMILES string of the molecule is CCC(C)C(=O)OCC(=O)OC1C2CC3C1OS(=O)(=O)C3C2C. The minimum Gasteiger partial charge on any atom is -0.457 e. The van der Waals surface area contributed by atoms with E-state index in [0.29, 0.717) is 12.8 Å². The molecule has 23 heavy (non-hydrogen) atoms. The minimum absolute atomic E-state index is 0.0125. The lowest BCUT2D eigenvalue weighted by Gasteiger charge is -2.29. The zero-order valence-corrected chi connectivity index (χ0v) is 14.2. The summed E-state index contributed by atoms with van der Waals surface area (Å²) in [7, 11) is -3.57. The highest BCUT2D eigenvalue weighted by Crippen LogP contribution is 2.58. The van der Waals surface area contributed by atoms with Crippen LogP contribution in [0.15, 0.2) is 0 Å². The van der Waals surface area contributed by atoms with E-state index in [4.69, 9.17) is 13.7 Å². The number of rotatable bonds is 5. The molecule has 0 spiro atoms. The minimum atomic E-state index is -3.57. The van der Waals surface area contributed by atoms with Crippen molar-refractivity contribution >= 4 is 22.1 Å². The molecule has 2 saturated carbocycles. The highest BCUT2D eigenvalue weighted by Gasteiger charge is 2.68. The molecule has 0 aromatic carbocycles. The van der Waals surface area contributed by atoms with Gasteiger partial charge in [0.1, 0.15) is 12.2 Å². The monoisotopic (exact) mass is 346 g/mol. The summed E-state index contributed by atoms with van der Waals surface area (Å²) in [4.78, 5) is 23.5. The van der Waals surface area contributed by atoms with Crippen molar-refractivity contribution in [2.75, 3.05) is 6.61 Å². The van der Waals surface area contributed by atoms with E-state index in [2.05, 4.69) is 0 Å². The third kappa shape index (κ3) is 2.65. The fourth-order valence-corrected chi connectivity index (χ4v) is 6.25. The van der Waals surface area contributed by atoms with Gasteiger partial charge in [-0.05, 0) is 18.8 Å². The topological polar surface area (TPSA) is 96.0 Å². The molecule has 3 aliphatic rings. The summed E-state index contributed by atoms with van der Waals surface area (Å²) in [5.41, 5.74) is 0. The first-order valence-electron chi connectivity index (χ1n) is 8.04. The van der Waals surface area contributed by atoms with E-state index >= 15 is 0 Å². The molecular weight excluding hydrogens is 324 g/mol. The summed E-state index contributed by atoms with van der Waals surface area (Å²) in [6.45, 7) is 4.99. The second-order valence-corrected chi connectivity index (χ2v) is 8.53. The summed E-state index contributed by atoms with van der Waals surface area (Å²) in [5.74, 6) is -1.57. The average molecular weight is 346 g/mol. The Balaban J connectivity index is 1.60. The van der Waals surface area contributed by atoms with Crippen LogP contribution in [0.3, 0.4) is 0 Å². The van der Waals surface area contributed by atoms with Crippen LogP contribution in [0, 0.1) is 23.7 Å². The molecule has 1 heterocycles. The summed E-state index contributed by atoms with van der Waals surface area (Å²) in [6, 6.07) is 0. The van der Waals surface area contributed by atoms with Gasteiger partial charge in [-0.25, -0.2) is 4.79 Å². The third-order valence-electron chi connectivity index (χ3n) is 5.52. The Bertz CT molecular complexity index is 613. The molecular formula is C15H22O7S. The smallest absolute Gasteiger partial charge is 0.344 e. The van der Waals surface area contributed by atoms with Crippen LogP contribution in [-0.4, -0.2) is 44.4 Å². The van der Waals surface area contributed by atoms with E-state index < -0.39 is 46.1 Å². The number of carbonyl (C=O) groups is 2. The Labute approximate surface area is 135 Å². The molecule has 2 aliphatic carbocycles. The van der Waals surface area contributed by atoms with Crippen molar-refractivity contribution in [3.8, 4) is 0 Å². The van der Waals surface area contributed by atoms with Crippen LogP contribution < -0.4 is 0 Å². The highest BCUT2D eigenvalue weighted by molar-refractivity contribution is 7.87. The molecule has 3 rings (SSSR count). The van der Waals surface area contributed by atoms with Gasteiger partial charge >= 0.3 is 11.9 Å². The molecule has 1 aliphatic heterocycles. The zero-order chi connectivity index (χ0) is 16.9. The van der Waals surface area contributed by atoms with Crippen molar-refractivity contribution in [1.82, 2.24) is 0 Å². The van der Waals surface area contributed by atoms with E-state index in [0.717, 1.165) is 0 Å². The molecule has 7 atom stereocenters. The van der Waals surface area contributed by atoms with E-state index in [1.54, 1.807) is 6.92 Å². The maximum absolute atomic E-state index is 12.0. The Kier molecular flexibility index (Phi) is 4.16. The molecule has 2 bridgehead atoms. The summed E-state index contributed by atoms with van der Waals surface area (Å²) >= 11 is 0. The third-order valence-corrected chi connectivity index (χ3v) is 7.46. The quantitative estimate of drug-likeness (QED) is 0.538. The Morgan fingerprint density at radius 3 is 2.65 bits per heavy atom. The number of carbonyl (C=O) groups excluding carboxylic acids is 2. The van der Waals surface area contributed by atoms with Crippen molar-refractivity contribution in [2.45, 2.75) is 51.1 Å². The van der Waals surface area contributed by atoms with Crippen LogP contribution in [-0.2, 0) is 33.4 Å². The van der Waals surface area contributed by atoms with Crippen LogP contribution in [0.5, 0.6) is 0 Å². The average Bonchev–Trinajstić information content (AvgIpc) is 3.06. The van der Waals surface area contributed by atoms with Crippen LogP contribution >= 0.6 is 0 Å². The van der Waals surface area contributed by atoms with Gasteiger partial charge in [0.15, 0.2) is 6.61 Å². The molecule has 0 aromatic rings. The number of hydrogen-bond acceptors (Lipinski definition) is 7. The van der Waals surface area contributed by atoms with Crippen molar-refractivity contribution < 1.29 is 31.7 Å². The first-order chi connectivity index (χ1) is 10.8. The van der Waals surface area contributed by atoms with Crippen molar-refractivity contribution in [2.24, 2.45) is 23.7 Å². The number of hydrogen-bond donors (Lipinski definition) is 0. The molecule has 1 saturated heterocycles. The van der Waals surface area contributed by atoms with Gasteiger partial charge in [-0.3, -0.25) is 8.98 Å². The fraction of sp³-hybridized carbons (Fsp3) is 0.867. The van der Waals surface area contributed by atoms with Gasteiger partial charge in [0.05, 0.1) is 11.2 Å². The van der Waals surface area contributed by atoms with Gasteiger partial charge in [0.2, 0.25) is 0 Å². The first kappa shape index (κ1) is 16.7. The number of esters is 2. The maximum Gasteiger partial charge on any atom is 0.344 e. The second kappa shape index (κ2) is 5.73. The largest absolute Gasteiger partial charge is 0.457 e. The summed E-state index contributed by atoms with van der Waals surface area (Å²) in [5, 5.41) is -0.476. The highest BCUT2D eigenvalue weighted by atomic mass is 32.2. The van der Waals surface area contributed by atoms with E-state index in [-0.39, 0.29) is 23.7 Å². The molecule has 3 fully saturated rings. The van der Waals surface area contributed by atoms with Gasteiger partial charge in [0.25, 0.3) is 10.1 Å². The first-order valence-corrected chi connectivity index (χ1v) is 9.51. The van der Waals surface area contributed by atoms with E-state index in [1.165, 1.54) is 0 Å². The van der Waals surface area contributed by atoms with Gasteiger partial charge in [-0.2, -0.15) is 8.42 Å². The molecule has 0 aromatic heterocycles. The van der Waals surface area contributed by atoms with E-state index in [1.807, 2.05) is 13.8 Å². The standard InChI is InChI=1S/C15H22O7S/c1-4-7(2)15(17)20-6-11(16)21-12-9-5-10-13(12)22-23(18,19)14(10)8(9)3/h7-10,12-14H,4-6H2,1-3H3. The lowest BCUT2D eigenvalue weighted by Crippen LogP contribution is -2.42. The Morgan fingerprint density at radius 2 is 2.00 bits per heavy atom. The van der Waals surface area contributed by atoms with Crippen LogP contribution in [0.4, 0.5) is 0 Å². The predicted molar refractivity (Wildman–Crippen MR) is 78.6 cm³/mol. The normalized spacial score (nSPS) is 40.8. The molecule has 130 valence electrons. The molecule has 0 radical (unpaired) electrons. The molecule has 0 N–H and O–H groups in total. The Morgan fingerprint density at radius 1 is 1.30 bits per heavy atom. The molecule has 7 unspecified atom stereocenters. The predicted octanol–water partition coefficient (Wildman–Crippen LogP) is 0.871. The van der Waals surface area contributed by atoms with Gasteiger partial charge in [0, 0.05) is 11.8 Å². The van der Waals surface area contributed by atoms with Crippen molar-refractivity contribution in [1.29, 1.82) is 0 Å². The molecule has 8 heteroatoms. The zero-order valence-electron chi connectivity index (χ0n) is 13.4. The van der Waals surface area contributed by atoms with Gasteiger partial charge < -0.3 is 9.47 Å². The lowest BCUT2D eigenvalue weighted by atomic mass is 9.86. The maximum atomic E-state index is 12.0. The summed E-state index contributed by atoms with van der Waals surface area (Å²) < 4.78 is 39.5. The lowest BCUT2D eigenvalue weighted by molar-refractivity contribution is -0.169. The van der Waals surface area contributed by atoms with Gasteiger partial charge in [-0.1, -0.05) is 20.8 Å². The van der Waals surface area contributed by atoms with Gasteiger partial charge in [-0.15, -0.1) is 0 Å². The second-order valence-electron chi connectivity index (χ2n) is 6.81. The van der Waals surface area contributed by atoms with Crippen LogP contribution in [0.2, 0.25) is 0 Å². The van der Waals surface area contributed by atoms with Crippen LogP contribution in [0.1, 0.15) is 33.6 Å². The van der Waals surface area contributed by atoms with Crippen molar-refractivity contribution in [3.05, 3.63) is 0 Å². The Hall–Kier alpha value is -1.15. The summed E-state index contributed by atoms with van der Waals surface area (Å²) in [6.07, 6.45) is 0.173.